The van der Waals surface area contributed by atoms with Crippen LogP contribution in [0.2, 0.25) is 0 Å². The Labute approximate surface area is 201 Å². The van der Waals surface area contributed by atoms with Crippen LogP contribution in [0.5, 0.6) is 0 Å². The van der Waals surface area contributed by atoms with E-state index in [1.807, 2.05) is 36.4 Å². The fraction of sp³-hybridized carbons (Fsp3) is 0.280. The van der Waals surface area contributed by atoms with Gasteiger partial charge in [-0.3, -0.25) is 14.8 Å². The molecule has 35 heavy (non-hydrogen) atoms. The van der Waals surface area contributed by atoms with Gasteiger partial charge in [-0.1, -0.05) is 48.5 Å². The normalized spacial score (nSPS) is 16.9. The Hall–Kier alpha value is -4.18. The zero-order chi connectivity index (χ0) is 24.5. The summed E-state index contributed by atoms with van der Waals surface area (Å²) in [5.74, 6) is -1.42. The second-order valence-corrected chi connectivity index (χ2v) is 8.44. The number of hydrogen-bond donors (Lipinski definition) is 2. The van der Waals surface area contributed by atoms with Crippen LogP contribution >= 0.6 is 0 Å². The number of aromatic nitrogens is 2. The quantitative estimate of drug-likeness (QED) is 0.580. The second-order valence-electron chi connectivity index (χ2n) is 8.44. The number of aryl methyl sites for hydroxylation is 1. The molecule has 0 saturated carbocycles. The molecule has 1 aromatic heterocycles. The maximum absolute atomic E-state index is 12.9. The standard InChI is InChI=1S/C25H24N4O6/c1-28-20(23(30)29-10-11-34-21(13-29)24(31)32)12-22(27-28)26-25(33)35-14-19-17-8-4-2-6-15(17)16-7-3-5-9-18(16)19/h2-9,12,19,21H,10-11,13-14H2,1H3,(H,31,32)(H,26,27,33). The van der Waals surface area contributed by atoms with Gasteiger partial charge in [0.15, 0.2) is 11.9 Å². The molecule has 2 aliphatic rings. The van der Waals surface area contributed by atoms with Gasteiger partial charge in [-0.05, 0) is 22.3 Å². The number of carbonyl (C=O) groups excluding carboxylic acids is 2. The summed E-state index contributed by atoms with van der Waals surface area (Å²) in [6.45, 7) is 0.492. The van der Waals surface area contributed by atoms with Crippen molar-refractivity contribution in [2.75, 3.05) is 31.6 Å². The molecular weight excluding hydrogens is 452 g/mol. The molecule has 2 amide bonds. The zero-order valence-corrected chi connectivity index (χ0v) is 19.0. The summed E-state index contributed by atoms with van der Waals surface area (Å²) >= 11 is 0. The van der Waals surface area contributed by atoms with Gasteiger partial charge in [-0.2, -0.15) is 5.10 Å². The fourth-order valence-electron chi connectivity index (χ4n) is 4.61. The Bertz CT molecular complexity index is 1260. The highest BCUT2D eigenvalue weighted by Crippen LogP contribution is 2.44. The summed E-state index contributed by atoms with van der Waals surface area (Å²) in [4.78, 5) is 38.0. The first-order chi connectivity index (χ1) is 16.9. The van der Waals surface area contributed by atoms with Gasteiger partial charge in [0.25, 0.3) is 5.91 Å². The lowest BCUT2D eigenvalue weighted by atomic mass is 9.98. The molecule has 10 heteroatoms. The maximum Gasteiger partial charge on any atom is 0.412 e. The van der Waals surface area contributed by atoms with E-state index in [0.29, 0.717) is 0 Å². The number of fused-ring (bicyclic) bond motifs is 3. The lowest BCUT2D eigenvalue weighted by Gasteiger charge is -2.30. The van der Waals surface area contributed by atoms with Crippen molar-refractivity contribution in [3.05, 3.63) is 71.4 Å². The van der Waals surface area contributed by atoms with Crippen LogP contribution in [0.1, 0.15) is 27.5 Å². The second kappa shape index (κ2) is 9.22. The van der Waals surface area contributed by atoms with Crippen molar-refractivity contribution in [1.82, 2.24) is 14.7 Å². The van der Waals surface area contributed by atoms with Gasteiger partial charge in [-0.15, -0.1) is 0 Å². The average Bonchev–Trinajstić information content (AvgIpc) is 3.39. The summed E-state index contributed by atoms with van der Waals surface area (Å²) in [5, 5.41) is 15.9. The molecule has 3 aromatic rings. The molecule has 0 bridgehead atoms. The predicted octanol–water partition coefficient (Wildman–Crippen LogP) is 2.71. The van der Waals surface area contributed by atoms with Crippen LogP contribution in [-0.4, -0.2) is 70.2 Å². The maximum atomic E-state index is 12.9. The van der Waals surface area contributed by atoms with E-state index in [-0.39, 0.29) is 43.7 Å². The number of carbonyl (C=O) groups is 3. The number of carboxylic acids is 1. The third-order valence-electron chi connectivity index (χ3n) is 6.30. The van der Waals surface area contributed by atoms with Crippen molar-refractivity contribution >= 4 is 23.8 Å². The van der Waals surface area contributed by atoms with Crippen LogP contribution < -0.4 is 5.32 Å². The number of morpholine rings is 1. The number of carboxylic acid groups (broad SMARTS) is 1. The number of rotatable bonds is 5. The Morgan fingerprint density at radius 2 is 1.77 bits per heavy atom. The molecule has 5 rings (SSSR count). The topological polar surface area (TPSA) is 123 Å². The summed E-state index contributed by atoms with van der Waals surface area (Å²) < 4.78 is 12.0. The molecule has 0 spiro atoms. The zero-order valence-electron chi connectivity index (χ0n) is 19.0. The average molecular weight is 476 g/mol. The number of aliphatic carboxylic acids is 1. The highest BCUT2D eigenvalue weighted by Gasteiger charge is 2.31. The SMILES string of the molecule is Cn1nc(NC(=O)OCC2c3ccccc3-c3ccccc32)cc1C(=O)N1CCOC(C(=O)O)C1. The molecule has 1 saturated heterocycles. The highest BCUT2D eigenvalue weighted by molar-refractivity contribution is 5.95. The largest absolute Gasteiger partial charge is 0.479 e. The summed E-state index contributed by atoms with van der Waals surface area (Å²) in [6, 6.07) is 17.6. The molecule has 1 fully saturated rings. The minimum Gasteiger partial charge on any atom is -0.479 e. The third-order valence-corrected chi connectivity index (χ3v) is 6.30. The lowest BCUT2D eigenvalue weighted by Crippen LogP contribution is -2.48. The van der Waals surface area contributed by atoms with E-state index in [9.17, 15) is 14.4 Å². The minimum atomic E-state index is -1.12. The molecule has 2 heterocycles. The summed E-state index contributed by atoms with van der Waals surface area (Å²) in [6.07, 6.45) is -1.75. The first kappa shape index (κ1) is 22.6. The number of hydrogen-bond acceptors (Lipinski definition) is 6. The van der Waals surface area contributed by atoms with Crippen LogP contribution in [0, 0.1) is 0 Å². The number of ether oxygens (including phenoxy) is 2. The molecule has 1 unspecified atom stereocenters. The van der Waals surface area contributed by atoms with Crippen molar-refractivity contribution in [2.24, 2.45) is 7.05 Å². The molecule has 180 valence electrons. The van der Waals surface area contributed by atoms with Gasteiger partial charge in [-0.25, -0.2) is 9.59 Å². The number of benzene rings is 2. The van der Waals surface area contributed by atoms with Crippen molar-refractivity contribution in [3.63, 3.8) is 0 Å². The van der Waals surface area contributed by atoms with E-state index in [1.54, 1.807) is 7.05 Å². The number of nitrogens with zero attached hydrogens (tertiary/aromatic N) is 3. The van der Waals surface area contributed by atoms with Crippen molar-refractivity contribution in [2.45, 2.75) is 12.0 Å². The number of nitrogens with one attached hydrogen (secondary N) is 1. The van der Waals surface area contributed by atoms with Gasteiger partial charge in [0.2, 0.25) is 0 Å². The van der Waals surface area contributed by atoms with Gasteiger partial charge in [0.05, 0.1) is 13.2 Å². The van der Waals surface area contributed by atoms with Crippen molar-refractivity contribution in [1.29, 1.82) is 0 Å². The van der Waals surface area contributed by atoms with Gasteiger partial charge >= 0.3 is 12.1 Å². The van der Waals surface area contributed by atoms with Crippen LogP contribution in [-0.2, 0) is 21.3 Å². The minimum absolute atomic E-state index is 0.0610. The molecular formula is C25H24N4O6. The molecule has 0 radical (unpaired) electrons. The Balaban J connectivity index is 1.24. The van der Waals surface area contributed by atoms with Crippen molar-refractivity contribution in [3.8, 4) is 11.1 Å². The van der Waals surface area contributed by atoms with E-state index < -0.39 is 24.1 Å². The van der Waals surface area contributed by atoms with E-state index in [1.165, 1.54) is 15.6 Å². The molecule has 1 atom stereocenters. The molecule has 2 aromatic carbocycles. The Kier molecular flexibility index (Phi) is 5.96. The first-order valence-electron chi connectivity index (χ1n) is 11.2. The Morgan fingerprint density at radius 3 is 2.43 bits per heavy atom. The first-order valence-corrected chi connectivity index (χ1v) is 11.2. The van der Waals surface area contributed by atoms with E-state index in [2.05, 4.69) is 22.5 Å². The summed E-state index contributed by atoms with van der Waals surface area (Å²) in [7, 11) is 1.57. The Morgan fingerprint density at radius 1 is 1.11 bits per heavy atom. The number of amides is 2. The van der Waals surface area contributed by atoms with E-state index >= 15 is 0 Å². The van der Waals surface area contributed by atoms with Crippen LogP contribution in [0.4, 0.5) is 10.6 Å². The van der Waals surface area contributed by atoms with Crippen molar-refractivity contribution < 1.29 is 29.0 Å². The molecule has 2 N–H and O–H groups in total. The fourth-order valence-corrected chi connectivity index (χ4v) is 4.61. The van der Waals surface area contributed by atoms with Crippen LogP contribution in [0.25, 0.3) is 11.1 Å². The third kappa shape index (κ3) is 4.35. The lowest BCUT2D eigenvalue weighted by molar-refractivity contribution is -0.154. The van der Waals surface area contributed by atoms with Gasteiger partial charge in [0, 0.05) is 25.6 Å². The predicted molar refractivity (Wildman–Crippen MR) is 125 cm³/mol. The van der Waals surface area contributed by atoms with Crippen LogP contribution in [0.3, 0.4) is 0 Å². The highest BCUT2D eigenvalue weighted by atomic mass is 16.5. The van der Waals surface area contributed by atoms with E-state index in [4.69, 9.17) is 14.6 Å². The number of anilines is 1. The van der Waals surface area contributed by atoms with Gasteiger partial charge < -0.3 is 19.5 Å². The van der Waals surface area contributed by atoms with E-state index in [0.717, 1.165) is 22.3 Å². The molecule has 1 aliphatic carbocycles. The molecule has 10 nitrogen and oxygen atoms in total. The monoisotopic (exact) mass is 476 g/mol. The smallest absolute Gasteiger partial charge is 0.412 e. The summed E-state index contributed by atoms with van der Waals surface area (Å²) in [5.41, 5.74) is 4.70. The molecule has 1 aliphatic heterocycles. The van der Waals surface area contributed by atoms with Gasteiger partial charge in [0.1, 0.15) is 12.3 Å². The van der Waals surface area contributed by atoms with Crippen LogP contribution in [0.15, 0.2) is 54.6 Å².